The van der Waals surface area contributed by atoms with Gasteiger partial charge in [-0.2, -0.15) is 0 Å². The minimum absolute atomic E-state index is 0. The molecule has 9 heteroatoms. The number of pyridine rings is 2. The maximum atomic E-state index is 12.4. The third-order valence-electron chi connectivity index (χ3n) is 7.70. The second-order valence-electron chi connectivity index (χ2n) is 13.3. The average molecular weight is 655 g/mol. The summed E-state index contributed by atoms with van der Waals surface area (Å²) in [7, 11) is 0. The fourth-order valence-electron chi connectivity index (χ4n) is 5.23. The Morgan fingerprint density at radius 2 is 1.62 bits per heavy atom. The Morgan fingerprint density at radius 3 is 2.21 bits per heavy atom. The van der Waals surface area contributed by atoms with Gasteiger partial charge in [-0.05, 0) is 74.7 Å². The van der Waals surface area contributed by atoms with Crippen molar-refractivity contribution in [1.82, 2.24) is 20.7 Å². The van der Waals surface area contributed by atoms with Gasteiger partial charge in [-0.3, -0.25) is 9.78 Å². The van der Waals surface area contributed by atoms with Gasteiger partial charge in [0.1, 0.15) is 12.4 Å². The van der Waals surface area contributed by atoms with Crippen LogP contribution in [0.5, 0.6) is 11.6 Å². The van der Waals surface area contributed by atoms with Gasteiger partial charge in [0.2, 0.25) is 5.88 Å². The van der Waals surface area contributed by atoms with E-state index in [0.717, 1.165) is 55.2 Å². The first-order valence-corrected chi connectivity index (χ1v) is 16.4. The van der Waals surface area contributed by atoms with Crippen LogP contribution in [-0.4, -0.2) is 37.0 Å². The Hall–Kier alpha value is -4.34. The molecule has 0 aliphatic rings. The number of hydrogen-bond acceptors (Lipinski definition) is 7. The largest absolute Gasteiger partial charge is 0.487 e. The maximum absolute atomic E-state index is 12.4. The number of carboxylic acids is 1. The van der Waals surface area contributed by atoms with E-state index in [9.17, 15) is 9.90 Å². The van der Waals surface area contributed by atoms with Crippen molar-refractivity contribution in [2.75, 3.05) is 6.61 Å². The molecule has 0 amide bonds. The van der Waals surface area contributed by atoms with E-state index in [0.29, 0.717) is 32.1 Å². The van der Waals surface area contributed by atoms with Gasteiger partial charge in [-0.1, -0.05) is 51.1 Å². The SMILES string of the molecule is CCOc1ccc(-c2ccc(Cn3c(CC(C)(C)C(=O)O)c(SC(C)(C)C)c4cc(OCc5ccc(C)cn5)ccc43)cc2)cn1.N. The summed E-state index contributed by atoms with van der Waals surface area (Å²) in [4.78, 5) is 22.4. The number of ether oxygens (including phenoxy) is 2. The number of nitrogens with zero attached hydrogens (tertiary/aromatic N) is 3. The van der Waals surface area contributed by atoms with Crippen molar-refractivity contribution in [3.63, 3.8) is 0 Å². The van der Waals surface area contributed by atoms with E-state index in [2.05, 4.69) is 71.7 Å². The summed E-state index contributed by atoms with van der Waals surface area (Å²) in [5, 5.41) is 11.2. The average Bonchev–Trinajstić information content (AvgIpc) is 3.27. The third-order valence-corrected chi connectivity index (χ3v) is 8.98. The van der Waals surface area contributed by atoms with Gasteiger partial charge in [0.25, 0.3) is 0 Å². The number of benzene rings is 2. The zero-order valence-corrected chi connectivity index (χ0v) is 29.3. The Kier molecular flexibility index (Phi) is 11.0. The molecule has 3 aromatic heterocycles. The van der Waals surface area contributed by atoms with Crippen molar-refractivity contribution >= 4 is 28.6 Å². The number of aliphatic carboxylic acids is 1. The minimum atomic E-state index is -0.958. The summed E-state index contributed by atoms with van der Waals surface area (Å²) in [6, 6.07) is 22.6. The zero-order valence-electron chi connectivity index (χ0n) is 28.5. The molecule has 3 heterocycles. The first kappa shape index (κ1) is 35.5. The normalized spacial score (nSPS) is 11.7. The lowest BCUT2D eigenvalue weighted by Crippen LogP contribution is -2.28. The van der Waals surface area contributed by atoms with Crippen LogP contribution in [-0.2, 0) is 24.4 Å². The number of carboxylic acid groups (broad SMARTS) is 1. The third kappa shape index (κ3) is 8.73. The Bertz CT molecular complexity index is 1810. The summed E-state index contributed by atoms with van der Waals surface area (Å²) in [6.45, 7) is 15.7. The lowest BCUT2D eigenvalue weighted by Gasteiger charge is -2.24. The monoisotopic (exact) mass is 654 g/mol. The molecule has 47 heavy (non-hydrogen) atoms. The van der Waals surface area contributed by atoms with Crippen molar-refractivity contribution in [3.8, 4) is 22.8 Å². The molecule has 5 rings (SSSR count). The van der Waals surface area contributed by atoms with Crippen LogP contribution >= 0.6 is 11.8 Å². The molecule has 8 nitrogen and oxygen atoms in total. The number of rotatable bonds is 12. The van der Waals surface area contributed by atoms with Gasteiger partial charge in [-0.15, -0.1) is 11.8 Å². The molecular formula is C38H46N4O4S. The Balaban J connectivity index is 0.00000500. The zero-order chi connectivity index (χ0) is 33.1. The molecule has 0 aliphatic heterocycles. The molecule has 0 unspecified atom stereocenters. The first-order chi connectivity index (χ1) is 21.8. The van der Waals surface area contributed by atoms with Crippen LogP contribution in [0.15, 0.2) is 84.0 Å². The molecular weight excluding hydrogens is 609 g/mol. The predicted octanol–water partition coefficient (Wildman–Crippen LogP) is 9.14. The molecule has 0 aliphatic carbocycles. The molecule has 0 saturated carbocycles. The standard InChI is InChI=1S/C38H43N3O4S.H3N/c1-8-44-34-18-14-28(22-40-34)27-12-10-26(11-13-27)23-41-32-17-16-30(45-24-29-15-9-25(2)21-39-29)19-31(32)35(46-37(3,4)5)33(41)20-38(6,7)36(42)43;/h9-19,21-22H,8,20,23-24H2,1-7H3,(H,42,43);1H3. The number of aromatic nitrogens is 3. The van der Waals surface area contributed by atoms with E-state index in [1.807, 2.05) is 56.6 Å². The number of thioether (sulfide) groups is 1. The highest BCUT2D eigenvalue weighted by Crippen LogP contribution is 2.44. The smallest absolute Gasteiger partial charge is 0.309 e. The lowest BCUT2D eigenvalue weighted by molar-refractivity contribution is -0.146. The number of aryl methyl sites for hydroxylation is 1. The fourth-order valence-corrected chi connectivity index (χ4v) is 6.41. The molecule has 0 radical (unpaired) electrons. The van der Waals surface area contributed by atoms with Crippen LogP contribution in [0.1, 0.15) is 64.1 Å². The minimum Gasteiger partial charge on any atom is -0.487 e. The lowest BCUT2D eigenvalue weighted by atomic mass is 9.88. The van der Waals surface area contributed by atoms with Gasteiger partial charge in [0.05, 0.1) is 17.7 Å². The summed E-state index contributed by atoms with van der Waals surface area (Å²) in [5.74, 6) is 0.544. The van der Waals surface area contributed by atoms with Gasteiger partial charge in [0.15, 0.2) is 0 Å². The van der Waals surface area contributed by atoms with E-state index in [1.54, 1.807) is 25.6 Å². The van der Waals surface area contributed by atoms with Gasteiger partial charge in [0, 0.05) is 63.2 Å². The summed E-state index contributed by atoms with van der Waals surface area (Å²) < 4.78 is 13.9. The van der Waals surface area contributed by atoms with Crippen LogP contribution in [0.4, 0.5) is 0 Å². The second-order valence-corrected chi connectivity index (χ2v) is 15.1. The number of hydrogen-bond donors (Lipinski definition) is 2. The topological polar surface area (TPSA) is 121 Å². The van der Waals surface area contributed by atoms with Gasteiger partial charge < -0.3 is 25.3 Å². The highest BCUT2D eigenvalue weighted by molar-refractivity contribution is 8.00. The molecule has 4 N–H and O–H groups in total. The van der Waals surface area contributed by atoms with Crippen LogP contribution in [0.25, 0.3) is 22.0 Å². The van der Waals surface area contributed by atoms with Crippen LogP contribution < -0.4 is 15.6 Å². The molecule has 0 spiro atoms. The number of fused-ring (bicyclic) bond motifs is 1. The van der Waals surface area contributed by atoms with E-state index in [4.69, 9.17) is 9.47 Å². The van der Waals surface area contributed by atoms with Crippen molar-refractivity contribution in [3.05, 3.63) is 102 Å². The summed E-state index contributed by atoms with van der Waals surface area (Å²) in [6.07, 6.45) is 4.06. The summed E-state index contributed by atoms with van der Waals surface area (Å²) >= 11 is 1.77. The molecule has 2 aromatic carbocycles. The highest BCUT2D eigenvalue weighted by Gasteiger charge is 2.33. The second kappa shape index (κ2) is 14.6. The molecule has 5 aromatic rings. The van der Waals surface area contributed by atoms with Crippen molar-refractivity contribution in [1.29, 1.82) is 0 Å². The molecule has 0 atom stereocenters. The van der Waals surface area contributed by atoms with Crippen molar-refractivity contribution in [2.24, 2.45) is 5.41 Å². The van der Waals surface area contributed by atoms with Crippen LogP contribution in [0.2, 0.25) is 0 Å². The van der Waals surface area contributed by atoms with E-state index < -0.39 is 11.4 Å². The van der Waals surface area contributed by atoms with Crippen molar-refractivity contribution in [2.45, 2.75) is 77.7 Å². The predicted molar refractivity (Wildman–Crippen MR) is 191 cm³/mol. The quantitative estimate of drug-likeness (QED) is 0.128. The maximum Gasteiger partial charge on any atom is 0.309 e. The molecule has 0 bridgehead atoms. The van der Waals surface area contributed by atoms with Crippen LogP contribution in [0.3, 0.4) is 0 Å². The van der Waals surface area contributed by atoms with Crippen LogP contribution in [0, 0.1) is 12.3 Å². The molecule has 248 valence electrons. The van der Waals surface area contributed by atoms with Crippen molar-refractivity contribution < 1.29 is 19.4 Å². The van der Waals surface area contributed by atoms with E-state index in [1.165, 1.54) is 0 Å². The first-order valence-electron chi connectivity index (χ1n) is 15.6. The van der Waals surface area contributed by atoms with E-state index in [-0.39, 0.29) is 10.9 Å². The summed E-state index contributed by atoms with van der Waals surface area (Å²) in [5.41, 5.74) is 6.27. The Labute approximate surface area is 282 Å². The highest BCUT2D eigenvalue weighted by atomic mass is 32.2. The number of carbonyl (C=O) groups is 1. The fraction of sp³-hybridized carbons (Fsp3) is 0.342. The Morgan fingerprint density at radius 1 is 0.894 bits per heavy atom. The molecule has 0 saturated heterocycles. The molecule has 0 fully saturated rings. The van der Waals surface area contributed by atoms with Gasteiger partial charge >= 0.3 is 5.97 Å². The van der Waals surface area contributed by atoms with Gasteiger partial charge in [-0.25, -0.2) is 4.98 Å². The van der Waals surface area contributed by atoms with E-state index >= 15 is 0 Å².